The summed E-state index contributed by atoms with van der Waals surface area (Å²) in [6, 6.07) is 7.43. The molecule has 0 bridgehead atoms. The van der Waals surface area contributed by atoms with E-state index in [0.29, 0.717) is 0 Å². The molecule has 3 nitrogen and oxygen atoms in total. The van der Waals surface area contributed by atoms with Crippen LogP contribution in [0.25, 0.3) is 0 Å². The Morgan fingerprint density at radius 2 is 2.00 bits per heavy atom. The SMILES string of the molecule is CCOCCCNCC(C)Oc1ccc(Cl)cc1. The second-order valence-corrected chi connectivity index (χ2v) is 4.57. The van der Waals surface area contributed by atoms with Crippen LogP contribution in [0.5, 0.6) is 5.75 Å². The van der Waals surface area contributed by atoms with Crippen LogP contribution >= 0.6 is 11.6 Å². The van der Waals surface area contributed by atoms with Crippen LogP contribution in [0, 0.1) is 0 Å². The molecule has 0 fully saturated rings. The maximum absolute atomic E-state index is 5.81. The zero-order valence-electron chi connectivity index (χ0n) is 11.1. The van der Waals surface area contributed by atoms with E-state index in [2.05, 4.69) is 5.32 Å². The summed E-state index contributed by atoms with van der Waals surface area (Å²) in [5, 5.41) is 4.07. The van der Waals surface area contributed by atoms with E-state index in [1.165, 1.54) is 0 Å². The molecule has 1 atom stereocenters. The Labute approximate surface area is 114 Å². The molecule has 1 aromatic rings. The minimum absolute atomic E-state index is 0.137. The van der Waals surface area contributed by atoms with Gasteiger partial charge in [-0.25, -0.2) is 0 Å². The minimum Gasteiger partial charge on any atom is -0.489 e. The van der Waals surface area contributed by atoms with E-state index < -0.39 is 0 Å². The molecular formula is C14H22ClNO2. The molecule has 1 rings (SSSR count). The van der Waals surface area contributed by atoms with Gasteiger partial charge in [0, 0.05) is 24.8 Å². The number of hydrogen-bond acceptors (Lipinski definition) is 3. The fourth-order valence-corrected chi connectivity index (χ4v) is 1.66. The van der Waals surface area contributed by atoms with Crippen LogP contribution in [0.15, 0.2) is 24.3 Å². The van der Waals surface area contributed by atoms with E-state index in [4.69, 9.17) is 21.1 Å². The molecule has 0 aliphatic carbocycles. The fourth-order valence-electron chi connectivity index (χ4n) is 1.54. The van der Waals surface area contributed by atoms with E-state index >= 15 is 0 Å². The maximum atomic E-state index is 5.81. The molecule has 0 saturated carbocycles. The molecule has 0 radical (unpaired) electrons. The normalized spacial score (nSPS) is 12.4. The number of benzene rings is 1. The lowest BCUT2D eigenvalue weighted by molar-refractivity contribution is 0.143. The molecule has 1 unspecified atom stereocenters. The first kappa shape index (κ1) is 15.3. The Balaban J connectivity index is 2.10. The number of nitrogens with one attached hydrogen (secondary N) is 1. The molecule has 0 aromatic heterocycles. The molecule has 4 heteroatoms. The Morgan fingerprint density at radius 3 is 2.67 bits per heavy atom. The van der Waals surface area contributed by atoms with Crippen molar-refractivity contribution >= 4 is 11.6 Å². The first-order chi connectivity index (χ1) is 8.72. The minimum atomic E-state index is 0.137. The zero-order valence-corrected chi connectivity index (χ0v) is 11.9. The number of rotatable bonds is 9. The van der Waals surface area contributed by atoms with Crippen molar-refractivity contribution in [1.29, 1.82) is 0 Å². The topological polar surface area (TPSA) is 30.5 Å². The van der Waals surface area contributed by atoms with Crippen molar-refractivity contribution in [3.63, 3.8) is 0 Å². The van der Waals surface area contributed by atoms with Crippen LogP contribution in [-0.4, -0.2) is 32.4 Å². The molecule has 18 heavy (non-hydrogen) atoms. The standard InChI is InChI=1S/C14H22ClNO2/c1-3-17-10-4-9-16-11-12(2)18-14-7-5-13(15)6-8-14/h5-8,12,16H,3-4,9-11H2,1-2H3. The van der Waals surface area contributed by atoms with Crippen LogP contribution in [0.4, 0.5) is 0 Å². The second kappa shape index (κ2) is 9.20. The molecule has 0 saturated heterocycles. The van der Waals surface area contributed by atoms with Crippen LogP contribution < -0.4 is 10.1 Å². The number of halogens is 1. The number of ether oxygens (including phenoxy) is 2. The van der Waals surface area contributed by atoms with Gasteiger partial charge in [0.15, 0.2) is 0 Å². The highest BCUT2D eigenvalue weighted by Gasteiger charge is 2.03. The highest BCUT2D eigenvalue weighted by atomic mass is 35.5. The Kier molecular flexibility index (Phi) is 7.81. The van der Waals surface area contributed by atoms with Gasteiger partial charge in [0.1, 0.15) is 11.9 Å². The molecule has 102 valence electrons. The molecule has 1 aromatic carbocycles. The Morgan fingerprint density at radius 1 is 1.28 bits per heavy atom. The molecule has 0 heterocycles. The summed E-state index contributed by atoms with van der Waals surface area (Å²) in [7, 11) is 0. The lowest BCUT2D eigenvalue weighted by Gasteiger charge is -2.15. The largest absolute Gasteiger partial charge is 0.489 e. The summed E-state index contributed by atoms with van der Waals surface area (Å²) in [5.41, 5.74) is 0. The van der Waals surface area contributed by atoms with Gasteiger partial charge in [-0.15, -0.1) is 0 Å². The zero-order chi connectivity index (χ0) is 13.2. The van der Waals surface area contributed by atoms with E-state index in [1.54, 1.807) is 0 Å². The van der Waals surface area contributed by atoms with E-state index in [0.717, 1.165) is 43.5 Å². The van der Waals surface area contributed by atoms with Gasteiger partial charge in [0.05, 0.1) is 0 Å². The monoisotopic (exact) mass is 271 g/mol. The quantitative estimate of drug-likeness (QED) is 0.700. The molecule has 0 amide bonds. The molecule has 0 spiro atoms. The predicted molar refractivity (Wildman–Crippen MR) is 75.5 cm³/mol. The van der Waals surface area contributed by atoms with Crippen LogP contribution in [0.2, 0.25) is 5.02 Å². The summed E-state index contributed by atoms with van der Waals surface area (Å²) >= 11 is 5.81. The van der Waals surface area contributed by atoms with Crippen LogP contribution in [-0.2, 0) is 4.74 Å². The van der Waals surface area contributed by atoms with Gasteiger partial charge in [-0.2, -0.15) is 0 Å². The smallest absolute Gasteiger partial charge is 0.119 e. The summed E-state index contributed by atoms with van der Waals surface area (Å²) in [4.78, 5) is 0. The van der Waals surface area contributed by atoms with E-state index in [1.807, 2.05) is 38.1 Å². The highest BCUT2D eigenvalue weighted by Crippen LogP contribution is 2.16. The number of hydrogen-bond donors (Lipinski definition) is 1. The van der Waals surface area contributed by atoms with Gasteiger partial charge in [-0.05, 0) is 51.1 Å². The summed E-state index contributed by atoms with van der Waals surface area (Å²) in [6.07, 6.45) is 1.17. The Bertz CT molecular complexity index is 316. The van der Waals surface area contributed by atoms with Crippen molar-refractivity contribution in [1.82, 2.24) is 5.32 Å². The third kappa shape index (κ3) is 6.84. The van der Waals surface area contributed by atoms with Crippen LogP contribution in [0.1, 0.15) is 20.3 Å². The van der Waals surface area contributed by atoms with Gasteiger partial charge in [0.2, 0.25) is 0 Å². The van der Waals surface area contributed by atoms with E-state index in [-0.39, 0.29) is 6.10 Å². The van der Waals surface area contributed by atoms with Gasteiger partial charge >= 0.3 is 0 Å². The predicted octanol–water partition coefficient (Wildman–Crippen LogP) is 3.12. The lowest BCUT2D eigenvalue weighted by Crippen LogP contribution is -2.30. The van der Waals surface area contributed by atoms with Crippen molar-refractivity contribution < 1.29 is 9.47 Å². The van der Waals surface area contributed by atoms with Crippen molar-refractivity contribution in [2.75, 3.05) is 26.3 Å². The highest BCUT2D eigenvalue weighted by molar-refractivity contribution is 6.30. The van der Waals surface area contributed by atoms with Gasteiger partial charge in [-0.3, -0.25) is 0 Å². The third-order valence-corrected chi connectivity index (χ3v) is 2.68. The van der Waals surface area contributed by atoms with Crippen LogP contribution in [0.3, 0.4) is 0 Å². The average Bonchev–Trinajstić information content (AvgIpc) is 2.36. The maximum Gasteiger partial charge on any atom is 0.119 e. The second-order valence-electron chi connectivity index (χ2n) is 4.14. The third-order valence-electron chi connectivity index (χ3n) is 2.43. The fraction of sp³-hybridized carbons (Fsp3) is 0.571. The van der Waals surface area contributed by atoms with Gasteiger partial charge in [0.25, 0.3) is 0 Å². The average molecular weight is 272 g/mol. The van der Waals surface area contributed by atoms with Gasteiger partial charge in [-0.1, -0.05) is 11.6 Å². The summed E-state index contributed by atoms with van der Waals surface area (Å²) in [5.74, 6) is 0.850. The molecule has 0 aliphatic rings. The molecule has 0 aliphatic heterocycles. The summed E-state index contributed by atoms with van der Waals surface area (Å²) in [6.45, 7) is 7.44. The summed E-state index contributed by atoms with van der Waals surface area (Å²) < 4.78 is 11.0. The Hall–Kier alpha value is -0.770. The molecule has 1 N–H and O–H groups in total. The lowest BCUT2D eigenvalue weighted by atomic mass is 10.3. The van der Waals surface area contributed by atoms with Gasteiger partial charge < -0.3 is 14.8 Å². The van der Waals surface area contributed by atoms with Crippen molar-refractivity contribution in [3.05, 3.63) is 29.3 Å². The molecular weight excluding hydrogens is 250 g/mol. The van der Waals surface area contributed by atoms with Crippen molar-refractivity contribution in [2.24, 2.45) is 0 Å². The first-order valence-electron chi connectivity index (χ1n) is 6.43. The van der Waals surface area contributed by atoms with Crippen molar-refractivity contribution in [2.45, 2.75) is 26.4 Å². The van der Waals surface area contributed by atoms with Crippen molar-refractivity contribution in [3.8, 4) is 5.75 Å². The first-order valence-corrected chi connectivity index (χ1v) is 6.81. The van der Waals surface area contributed by atoms with E-state index in [9.17, 15) is 0 Å².